The summed E-state index contributed by atoms with van der Waals surface area (Å²) in [7, 11) is 0. The van der Waals surface area contributed by atoms with Gasteiger partial charge in [0.2, 0.25) is 6.43 Å². The zero-order valence-electron chi connectivity index (χ0n) is 16.9. The number of pyridine rings is 1. The molecule has 1 aliphatic heterocycles. The first-order valence-electron chi connectivity index (χ1n) is 9.82. The monoisotopic (exact) mass is 469 g/mol. The van der Waals surface area contributed by atoms with Crippen LogP contribution in [0.3, 0.4) is 0 Å². The summed E-state index contributed by atoms with van der Waals surface area (Å²) in [6, 6.07) is 2.25. The van der Waals surface area contributed by atoms with Crippen LogP contribution in [0, 0.1) is 0 Å². The molecule has 1 aliphatic rings. The number of piperazine rings is 1. The number of hydrogen-bond acceptors (Lipinski definition) is 9. The number of aldehydes is 1. The molecule has 168 valence electrons. The fraction of sp³-hybridized carbons (Fsp3) is 0.474. The highest BCUT2D eigenvalue weighted by molar-refractivity contribution is 8.14. The molecule has 2 aromatic heterocycles. The molecule has 1 fully saturated rings. The Morgan fingerprint density at radius 1 is 1.52 bits per heavy atom. The van der Waals surface area contributed by atoms with E-state index in [4.69, 9.17) is 5.14 Å². The summed E-state index contributed by atoms with van der Waals surface area (Å²) < 4.78 is 27.4. The highest BCUT2D eigenvalue weighted by Gasteiger charge is 2.24. The maximum Gasteiger partial charge on any atom is 0.247 e. The first-order chi connectivity index (χ1) is 15.1. The van der Waals surface area contributed by atoms with E-state index in [1.54, 1.807) is 6.20 Å². The number of nitrogens with zero attached hydrogens (tertiary/aromatic N) is 5. The van der Waals surface area contributed by atoms with Gasteiger partial charge < -0.3 is 15.0 Å². The third-order valence-corrected chi connectivity index (χ3v) is 6.37. The summed E-state index contributed by atoms with van der Waals surface area (Å²) >= 11 is 2.01. The molecule has 0 aromatic carbocycles. The molecule has 12 heteroatoms. The molecule has 0 bridgehead atoms. The van der Waals surface area contributed by atoms with Gasteiger partial charge in [-0.15, -0.1) is 5.10 Å². The molecule has 0 amide bonds. The van der Waals surface area contributed by atoms with Crippen LogP contribution in [0.15, 0.2) is 33.6 Å². The van der Waals surface area contributed by atoms with Gasteiger partial charge in [0.05, 0.1) is 23.3 Å². The number of unbranched alkanes of at least 4 members (excludes halogenated alkanes) is 1. The number of alkyl halides is 2. The van der Waals surface area contributed by atoms with E-state index < -0.39 is 12.2 Å². The zero-order chi connectivity index (χ0) is 22.2. The number of halogens is 2. The Hall–Kier alpha value is -2.02. The molecule has 31 heavy (non-hydrogen) atoms. The van der Waals surface area contributed by atoms with Crippen molar-refractivity contribution in [1.29, 1.82) is 0 Å². The van der Waals surface area contributed by atoms with Crippen LogP contribution < -0.4 is 15.4 Å². The Kier molecular flexibility index (Phi) is 8.81. The molecule has 3 N–H and O–H groups in total. The highest BCUT2D eigenvalue weighted by atomic mass is 32.2. The summed E-state index contributed by atoms with van der Waals surface area (Å²) in [4.78, 5) is 18.2. The van der Waals surface area contributed by atoms with Crippen LogP contribution in [0.1, 0.15) is 25.0 Å². The van der Waals surface area contributed by atoms with Crippen LogP contribution in [-0.4, -0.2) is 65.3 Å². The second-order valence-electron chi connectivity index (χ2n) is 6.96. The van der Waals surface area contributed by atoms with Gasteiger partial charge in [-0.3, -0.25) is 9.54 Å². The molecule has 3 rings (SSSR count). The number of hydrogen-bond donors (Lipinski definition) is 2. The largest absolute Gasteiger partial charge is 0.366 e. The van der Waals surface area contributed by atoms with Crippen LogP contribution in [-0.2, 0) is 4.79 Å². The van der Waals surface area contributed by atoms with Crippen molar-refractivity contribution >= 4 is 53.1 Å². The molecule has 2 aromatic rings. The van der Waals surface area contributed by atoms with E-state index in [0.717, 1.165) is 73.1 Å². The van der Waals surface area contributed by atoms with E-state index >= 15 is 0 Å². The maximum absolute atomic E-state index is 12.8. The Labute approximate surface area is 187 Å². The van der Waals surface area contributed by atoms with Gasteiger partial charge in [0, 0.05) is 49.9 Å². The standard InChI is InChI=1S/C19H25F2N7OS2/c1-23-26-19(30-12-17(20)21)16-9-25-18-15(8-14(31-22)11-28(16)18)27-6-5-24-13(10-27)4-2-3-7-29/h7-9,11,13,17,24H,1-6,10,12,22H2/b26-19-. The summed E-state index contributed by atoms with van der Waals surface area (Å²) in [5.41, 5.74) is 2.16. The number of nitrogens with two attached hydrogens (primary N) is 1. The van der Waals surface area contributed by atoms with Crippen LogP contribution in [0.5, 0.6) is 0 Å². The first kappa shape index (κ1) is 23.6. The Bertz CT molecular complexity index is 937. The van der Waals surface area contributed by atoms with Crippen LogP contribution in [0.25, 0.3) is 5.65 Å². The van der Waals surface area contributed by atoms with Gasteiger partial charge in [-0.05, 0) is 30.9 Å². The second-order valence-corrected chi connectivity index (χ2v) is 8.68. The summed E-state index contributed by atoms with van der Waals surface area (Å²) in [6.07, 6.45) is 4.20. The topological polar surface area (TPSA) is 100 Å². The molecule has 0 aliphatic carbocycles. The lowest BCUT2D eigenvalue weighted by atomic mass is 10.1. The van der Waals surface area contributed by atoms with Crippen molar-refractivity contribution in [3.63, 3.8) is 0 Å². The smallest absolute Gasteiger partial charge is 0.247 e. The van der Waals surface area contributed by atoms with Crippen LogP contribution in [0.4, 0.5) is 14.5 Å². The van der Waals surface area contributed by atoms with E-state index in [0.29, 0.717) is 22.8 Å². The van der Waals surface area contributed by atoms with Crippen molar-refractivity contribution in [1.82, 2.24) is 14.7 Å². The Morgan fingerprint density at radius 2 is 2.35 bits per heavy atom. The number of carbonyl (C=O) groups excluding carboxylic acids is 1. The van der Waals surface area contributed by atoms with E-state index in [1.165, 1.54) is 0 Å². The Morgan fingerprint density at radius 3 is 3.06 bits per heavy atom. The summed E-state index contributed by atoms with van der Waals surface area (Å²) in [5.74, 6) is -0.403. The SMILES string of the molecule is C=N/N=C(\SCC(F)F)c1cnc2c(N3CCNC(CCCC=O)C3)cc(SN)cn12. The lowest BCUT2D eigenvalue weighted by Crippen LogP contribution is -2.50. The summed E-state index contributed by atoms with van der Waals surface area (Å²) in [5, 5.41) is 17.2. The highest BCUT2D eigenvalue weighted by Crippen LogP contribution is 2.30. The molecule has 1 unspecified atom stereocenters. The van der Waals surface area contributed by atoms with Gasteiger partial charge >= 0.3 is 0 Å². The molecular formula is C19H25F2N7OS2. The van der Waals surface area contributed by atoms with Crippen molar-refractivity contribution in [3.05, 3.63) is 24.2 Å². The van der Waals surface area contributed by atoms with Crippen LogP contribution >= 0.6 is 23.7 Å². The van der Waals surface area contributed by atoms with Gasteiger partial charge in [0.1, 0.15) is 11.3 Å². The minimum atomic E-state index is -2.47. The molecule has 3 heterocycles. The summed E-state index contributed by atoms with van der Waals surface area (Å²) in [6.45, 7) is 5.72. The first-order valence-corrected chi connectivity index (χ1v) is 11.7. The maximum atomic E-state index is 12.8. The van der Waals surface area contributed by atoms with E-state index in [1.807, 2.05) is 16.7 Å². The van der Waals surface area contributed by atoms with Gasteiger partial charge in [-0.25, -0.2) is 13.8 Å². The molecule has 0 spiro atoms. The van der Waals surface area contributed by atoms with Crippen LogP contribution in [0.2, 0.25) is 0 Å². The second kappa shape index (κ2) is 11.6. The number of fused-ring (bicyclic) bond motifs is 1. The fourth-order valence-corrected chi connectivity index (χ4v) is 4.59. The average molecular weight is 470 g/mol. The quantitative estimate of drug-likeness (QED) is 0.138. The van der Waals surface area contributed by atoms with Crippen molar-refractivity contribution < 1.29 is 13.6 Å². The number of aromatic nitrogens is 2. The predicted molar refractivity (Wildman–Crippen MR) is 124 cm³/mol. The van der Waals surface area contributed by atoms with E-state index in [9.17, 15) is 13.6 Å². The molecule has 0 radical (unpaired) electrons. The molecule has 1 saturated heterocycles. The number of anilines is 1. The van der Waals surface area contributed by atoms with E-state index in [2.05, 4.69) is 32.1 Å². The average Bonchev–Trinajstić information content (AvgIpc) is 3.20. The number of rotatable bonds is 10. The molecule has 8 nitrogen and oxygen atoms in total. The van der Waals surface area contributed by atoms with Crippen molar-refractivity contribution in [3.8, 4) is 0 Å². The lowest BCUT2D eigenvalue weighted by molar-refractivity contribution is -0.107. The lowest BCUT2D eigenvalue weighted by Gasteiger charge is -2.35. The molecular weight excluding hydrogens is 444 g/mol. The minimum Gasteiger partial charge on any atom is -0.366 e. The Balaban J connectivity index is 1.94. The molecule has 1 atom stereocenters. The third kappa shape index (κ3) is 6.03. The van der Waals surface area contributed by atoms with Gasteiger partial charge in [0.15, 0.2) is 5.65 Å². The van der Waals surface area contributed by atoms with E-state index in [-0.39, 0.29) is 6.04 Å². The van der Waals surface area contributed by atoms with Crippen molar-refractivity contribution in [2.75, 3.05) is 30.3 Å². The minimum absolute atomic E-state index is 0.265. The predicted octanol–water partition coefficient (Wildman–Crippen LogP) is 2.81. The number of nitrogens with one attached hydrogen (secondary N) is 1. The number of thioether (sulfide) groups is 1. The van der Waals surface area contributed by atoms with Crippen molar-refractivity contribution in [2.45, 2.75) is 36.6 Å². The van der Waals surface area contributed by atoms with Gasteiger partial charge in [0.25, 0.3) is 0 Å². The third-order valence-electron chi connectivity index (χ3n) is 4.89. The fourth-order valence-electron chi connectivity index (χ4n) is 3.55. The number of carbonyl (C=O) groups is 1. The van der Waals surface area contributed by atoms with Gasteiger partial charge in [-0.2, -0.15) is 5.10 Å². The number of imidazole rings is 1. The van der Waals surface area contributed by atoms with Gasteiger partial charge in [-0.1, -0.05) is 11.8 Å². The normalized spacial score (nSPS) is 17.5. The van der Waals surface area contributed by atoms with Crippen molar-refractivity contribution in [2.24, 2.45) is 15.3 Å². The molecule has 0 saturated carbocycles. The zero-order valence-corrected chi connectivity index (χ0v) is 18.5.